The highest BCUT2D eigenvalue weighted by atomic mass is 35.5. The predicted molar refractivity (Wildman–Crippen MR) is 81.9 cm³/mol. The largest absolute Gasteiger partial charge is 0.311 e. The van der Waals surface area contributed by atoms with Crippen LogP contribution in [0.25, 0.3) is 11.2 Å². The van der Waals surface area contributed by atoms with Gasteiger partial charge in [-0.15, -0.1) is 11.6 Å². The lowest BCUT2D eigenvalue weighted by Gasteiger charge is -2.09. The molecule has 2 heterocycles. The Morgan fingerprint density at radius 2 is 2.14 bits per heavy atom. The fraction of sp³-hybridized carbons (Fsp3) is 0.250. The number of pyridine rings is 1. The fourth-order valence-electron chi connectivity index (χ4n) is 2.51. The summed E-state index contributed by atoms with van der Waals surface area (Å²) in [6.07, 6.45) is 2.54. The Kier molecular flexibility index (Phi) is 3.88. The molecule has 0 spiro atoms. The van der Waals surface area contributed by atoms with E-state index in [1.165, 1.54) is 6.07 Å². The quantitative estimate of drug-likeness (QED) is 0.685. The molecular formula is C16H15ClFN3. The molecule has 0 radical (unpaired) electrons. The molecule has 0 saturated heterocycles. The van der Waals surface area contributed by atoms with Crippen LogP contribution in [-0.2, 0) is 18.8 Å². The van der Waals surface area contributed by atoms with Gasteiger partial charge in [-0.05, 0) is 48.7 Å². The molecule has 3 rings (SSSR count). The summed E-state index contributed by atoms with van der Waals surface area (Å²) in [5, 5.41) is 0. The van der Waals surface area contributed by atoms with Crippen LogP contribution in [0.1, 0.15) is 17.0 Å². The summed E-state index contributed by atoms with van der Waals surface area (Å²) >= 11 is 5.98. The van der Waals surface area contributed by atoms with Crippen LogP contribution < -0.4 is 0 Å². The molecule has 0 aliphatic rings. The average molecular weight is 304 g/mol. The zero-order chi connectivity index (χ0) is 14.8. The average Bonchev–Trinajstić information content (AvgIpc) is 2.84. The molecule has 0 fully saturated rings. The lowest BCUT2D eigenvalue weighted by Crippen LogP contribution is -2.06. The Morgan fingerprint density at radius 1 is 1.29 bits per heavy atom. The first-order chi connectivity index (χ1) is 10.2. The zero-order valence-electron chi connectivity index (χ0n) is 11.7. The highest BCUT2D eigenvalue weighted by Gasteiger charge is 2.11. The lowest BCUT2D eigenvalue weighted by atomic mass is 10.1. The van der Waals surface area contributed by atoms with Gasteiger partial charge in [0.05, 0.1) is 5.88 Å². The fourth-order valence-corrected chi connectivity index (χ4v) is 2.72. The molecule has 0 bridgehead atoms. The molecule has 3 nitrogen and oxygen atoms in total. The molecule has 0 aliphatic carbocycles. The van der Waals surface area contributed by atoms with Crippen molar-refractivity contribution in [3.8, 4) is 0 Å². The second kappa shape index (κ2) is 5.82. The van der Waals surface area contributed by atoms with Crippen molar-refractivity contribution in [2.24, 2.45) is 0 Å². The number of rotatable bonds is 4. The number of imidazole rings is 1. The highest BCUT2D eigenvalue weighted by molar-refractivity contribution is 6.16. The smallest absolute Gasteiger partial charge is 0.160 e. The minimum Gasteiger partial charge on any atom is -0.311 e. The number of benzene rings is 1. The molecule has 0 N–H and O–H groups in total. The zero-order valence-corrected chi connectivity index (χ0v) is 12.4. The summed E-state index contributed by atoms with van der Waals surface area (Å²) in [7, 11) is 0. The van der Waals surface area contributed by atoms with Gasteiger partial charge < -0.3 is 4.57 Å². The maximum Gasteiger partial charge on any atom is 0.160 e. The normalized spacial score (nSPS) is 11.2. The third-order valence-corrected chi connectivity index (χ3v) is 3.85. The van der Waals surface area contributed by atoms with E-state index in [2.05, 4.69) is 9.97 Å². The minimum atomic E-state index is -0.201. The van der Waals surface area contributed by atoms with Crippen molar-refractivity contribution in [2.75, 3.05) is 0 Å². The first-order valence-corrected chi connectivity index (χ1v) is 7.33. The SMILES string of the molecule is Cc1cc(F)ccc1CCn1c(CCl)nc2cccnc21. The molecule has 0 aliphatic heterocycles. The molecule has 2 aromatic heterocycles. The van der Waals surface area contributed by atoms with Crippen LogP contribution in [0.5, 0.6) is 0 Å². The highest BCUT2D eigenvalue weighted by Crippen LogP contribution is 2.17. The van der Waals surface area contributed by atoms with Crippen molar-refractivity contribution in [3.05, 3.63) is 59.3 Å². The molecule has 1 aromatic carbocycles. The predicted octanol–water partition coefficient (Wildman–Crippen LogP) is 3.86. The minimum absolute atomic E-state index is 0.201. The number of aromatic nitrogens is 3. The summed E-state index contributed by atoms with van der Waals surface area (Å²) in [5.74, 6) is 0.955. The molecule has 0 saturated carbocycles. The van der Waals surface area contributed by atoms with Crippen molar-refractivity contribution < 1.29 is 4.39 Å². The lowest BCUT2D eigenvalue weighted by molar-refractivity contribution is 0.623. The van der Waals surface area contributed by atoms with Gasteiger partial charge in [0, 0.05) is 12.7 Å². The van der Waals surface area contributed by atoms with Crippen molar-refractivity contribution >= 4 is 22.8 Å². The Hall–Kier alpha value is -1.94. The van der Waals surface area contributed by atoms with Gasteiger partial charge >= 0.3 is 0 Å². The van der Waals surface area contributed by atoms with Gasteiger partial charge in [-0.25, -0.2) is 14.4 Å². The molecule has 0 atom stereocenters. The van der Waals surface area contributed by atoms with E-state index in [-0.39, 0.29) is 5.82 Å². The van der Waals surface area contributed by atoms with Gasteiger partial charge in [0.15, 0.2) is 5.65 Å². The number of hydrogen-bond donors (Lipinski definition) is 0. The van der Waals surface area contributed by atoms with Crippen LogP contribution in [0.15, 0.2) is 36.5 Å². The van der Waals surface area contributed by atoms with E-state index in [1.54, 1.807) is 12.3 Å². The van der Waals surface area contributed by atoms with Crippen LogP contribution in [0.4, 0.5) is 4.39 Å². The van der Waals surface area contributed by atoms with E-state index in [0.717, 1.165) is 41.1 Å². The molecule has 0 unspecified atom stereocenters. The Bertz CT molecular complexity index is 782. The van der Waals surface area contributed by atoms with E-state index in [1.807, 2.05) is 29.7 Å². The van der Waals surface area contributed by atoms with E-state index in [0.29, 0.717) is 5.88 Å². The van der Waals surface area contributed by atoms with Crippen molar-refractivity contribution in [2.45, 2.75) is 25.8 Å². The maximum atomic E-state index is 13.1. The van der Waals surface area contributed by atoms with Gasteiger partial charge in [-0.3, -0.25) is 0 Å². The molecular weight excluding hydrogens is 289 g/mol. The van der Waals surface area contributed by atoms with Crippen molar-refractivity contribution in [1.82, 2.24) is 14.5 Å². The van der Waals surface area contributed by atoms with Crippen molar-refractivity contribution in [3.63, 3.8) is 0 Å². The second-order valence-electron chi connectivity index (χ2n) is 4.98. The van der Waals surface area contributed by atoms with E-state index >= 15 is 0 Å². The Labute approximate surface area is 127 Å². The molecule has 3 aromatic rings. The summed E-state index contributed by atoms with van der Waals surface area (Å²) < 4.78 is 15.2. The third-order valence-electron chi connectivity index (χ3n) is 3.61. The first kappa shape index (κ1) is 14.0. The van der Waals surface area contributed by atoms with Crippen LogP contribution >= 0.6 is 11.6 Å². The number of fused-ring (bicyclic) bond motifs is 1. The van der Waals surface area contributed by atoms with Gasteiger partial charge in [0.1, 0.15) is 17.2 Å². The van der Waals surface area contributed by atoms with Crippen LogP contribution in [-0.4, -0.2) is 14.5 Å². The molecule has 108 valence electrons. The molecule has 0 amide bonds. The van der Waals surface area contributed by atoms with Crippen LogP contribution in [0, 0.1) is 12.7 Å². The van der Waals surface area contributed by atoms with Gasteiger partial charge in [0.2, 0.25) is 0 Å². The van der Waals surface area contributed by atoms with Gasteiger partial charge in [-0.2, -0.15) is 0 Å². The maximum absolute atomic E-state index is 13.1. The Balaban J connectivity index is 1.91. The van der Waals surface area contributed by atoms with Crippen molar-refractivity contribution in [1.29, 1.82) is 0 Å². The summed E-state index contributed by atoms with van der Waals surface area (Å²) in [5.41, 5.74) is 3.77. The number of hydrogen-bond acceptors (Lipinski definition) is 2. The third kappa shape index (κ3) is 2.76. The summed E-state index contributed by atoms with van der Waals surface area (Å²) in [6, 6.07) is 8.68. The monoisotopic (exact) mass is 303 g/mol. The van der Waals surface area contributed by atoms with Crippen LogP contribution in [0.3, 0.4) is 0 Å². The summed E-state index contributed by atoms with van der Waals surface area (Å²) in [6.45, 7) is 2.65. The standard InChI is InChI=1S/C16H15ClFN3/c1-11-9-13(18)5-4-12(11)6-8-21-15(10-17)20-14-3-2-7-19-16(14)21/h2-5,7,9H,6,8,10H2,1H3. The van der Waals surface area contributed by atoms with Gasteiger partial charge in [-0.1, -0.05) is 6.07 Å². The van der Waals surface area contributed by atoms with E-state index < -0.39 is 0 Å². The first-order valence-electron chi connectivity index (χ1n) is 6.80. The number of halogens is 2. The van der Waals surface area contributed by atoms with E-state index in [9.17, 15) is 4.39 Å². The second-order valence-corrected chi connectivity index (χ2v) is 5.25. The number of aryl methyl sites for hydroxylation is 3. The molecule has 21 heavy (non-hydrogen) atoms. The topological polar surface area (TPSA) is 30.7 Å². The summed E-state index contributed by atoms with van der Waals surface area (Å²) in [4.78, 5) is 8.87. The van der Waals surface area contributed by atoms with E-state index in [4.69, 9.17) is 11.6 Å². The van der Waals surface area contributed by atoms with Gasteiger partial charge in [0.25, 0.3) is 0 Å². The van der Waals surface area contributed by atoms with Crippen LogP contribution in [0.2, 0.25) is 0 Å². The molecule has 5 heteroatoms. The number of nitrogens with zero attached hydrogens (tertiary/aromatic N) is 3. The Morgan fingerprint density at radius 3 is 2.90 bits per heavy atom. The number of alkyl halides is 1.